The Morgan fingerprint density at radius 2 is 2.17 bits per heavy atom. The quantitative estimate of drug-likeness (QED) is 0.344. The molecule has 2 N–H and O–H groups in total. The van der Waals surface area contributed by atoms with Gasteiger partial charge in [-0.15, -0.1) is 0 Å². The van der Waals surface area contributed by atoms with Crippen LogP contribution < -0.4 is 5.73 Å². The van der Waals surface area contributed by atoms with Gasteiger partial charge in [0, 0.05) is 18.6 Å². The molecule has 0 aliphatic rings. The lowest BCUT2D eigenvalue weighted by molar-refractivity contribution is -0.138. The highest BCUT2D eigenvalue weighted by molar-refractivity contribution is 6.13. The third-order valence-corrected chi connectivity index (χ3v) is 1.79. The van der Waals surface area contributed by atoms with Crippen molar-refractivity contribution in [3.05, 3.63) is 29.7 Å². The van der Waals surface area contributed by atoms with Crippen LogP contribution in [-0.4, -0.2) is 35.0 Å². The molecule has 0 amide bonds. The minimum absolute atomic E-state index is 0.126. The monoisotopic (exact) mass is 248 g/mol. The third kappa shape index (κ3) is 3.78. The first kappa shape index (κ1) is 13.5. The zero-order chi connectivity index (χ0) is 13.4. The number of rotatable bonds is 5. The Morgan fingerprint density at radius 3 is 2.72 bits per heavy atom. The van der Waals surface area contributed by atoms with Crippen LogP contribution in [0, 0.1) is 0 Å². The highest BCUT2D eigenvalue weighted by Crippen LogP contribution is 2.03. The van der Waals surface area contributed by atoms with Gasteiger partial charge in [0.2, 0.25) is 5.95 Å². The van der Waals surface area contributed by atoms with Gasteiger partial charge in [0.15, 0.2) is 6.29 Å². The molecule has 0 saturated heterocycles. The highest BCUT2D eigenvalue weighted by atomic mass is 16.5. The lowest BCUT2D eigenvalue weighted by Gasteiger charge is -2.02. The number of aliphatic imine (C=N–C) groups is 1. The van der Waals surface area contributed by atoms with E-state index in [1.165, 1.54) is 12.4 Å². The Balaban J connectivity index is 2.97. The number of hydrogen-bond acceptors (Lipinski definition) is 7. The molecule has 0 aliphatic heterocycles. The molecule has 1 heterocycles. The SMILES string of the molecule is CCOC(=O)C(/C=N/c1ncccn1)=C(/N)C=O. The van der Waals surface area contributed by atoms with Crippen LogP contribution >= 0.6 is 0 Å². The molecule has 0 fully saturated rings. The summed E-state index contributed by atoms with van der Waals surface area (Å²) < 4.78 is 4.75. The molecule has 0 atom stereocenters. The van der Waals surface area contributed by atoms with Crippen LogP contribution in [0.5, 0.6) is 0 Å². The van der Waals surface area contributed by atoms with Crippen molar-refractivity contribution in [2.45, 2.75) is 6.92 Å². The minimum atomic E-state index is -0.721. The molecular formula is C11H12N4O3. The van der Waals surface area contributed by atoms with E-state index >= 15 is 0 Å². The number of allylic oxidation sites excluding steroid dienone is 1. The standard InChI is InChI=1S/C11H12N4O3/c1-2-18-10(17)8(9(12)7-16)6-15-11-13-4-3-5-14-11/h3-7H,2,12H2,1H3/b9-8+,15-6+. The van der Waals surface area contributed by atoms with Crippen molar-refractivity contribution in [2.75, 3.05) is 6.61 Å². The molecule has 1 rings (SSSR count). The van der Waals surface area contributed by atoms with Crippen LogP contribution in [0.15, 0.2) is 34.7 Å². The van der Waals surface area contributed by atoms with Crippen LogP contribution in [0.3, 0.4) is 0 Å². The van der Waals surface area contributed by atoms with Gasteiger partial charge in [-0.2, -0.15) is 0 Å². The van der Waals surface area contributed by atoms with Crippen molar-refractivity contribution in [1.29, 1.82) is 0 Å². The van der Waals surface area contributed by atoms with Gasteiger partial charge >= 0.3 is 5.97 Å². The summed E-state index contributed by atoms with van der Waals surface area (Å²) in [6.45, 7) is 1.81. The number of hydrogen-bond donors (Lipinski definition) is 1. The number of nitrogens with two attached hydrogens (primary N) is 1. The molecule has 0 aromatic carbocycles. The van der Waals surface area contributed by atoms with E-state index in [-0.39, 0.29) is 23.8 Å². The van der Waals surface area contributed by atoms with E-state index in [4.69, 9.17) is 10.5 Å². The van der Waals surface area contributed by atoms with Gasteiger partial charge in [-0.1, -0.05) is 0 Å². The van der Waals surface area contributed by atoms with E-state index in [9.17, 15) is 9.59 Å². The number of aldehydes is 1. The van der Waals surface area contributed by atoms with Crippen molar-refractivity contribution < 1.29 is 14.3 Å². The summed E-state index contributed by atoms with van der Waals surface area (Å²) in [5.74, 6) is -0.570. The van der Waals surface area contributed by atoms with Crippen molar-refractivity contribution in [3.63, 3.8) is 0 Å². The fourth-order valence-corrected chi connectivity index (χ4v) is 0.998. The van der Waals surface area contributed by atoms with Crippen LogP contribution in [0.1, 0.15) is 6.92 Å². The van der Waals surface area contributed by atoms with E-state index in [2.05, 4.69) is 15.0 Å². The fourth-order valence-electron chi connectivity index (χ4n) is 0.998. The average molecular weight is 248 g/mol. The molecule has 0 radical (unpaired) electrons. The van der Waals surface area contributed by atoms with E-state index in [1.54, 1.807) is 13.0 Å². The summed E-state index contributed by atoms with van der Waals surface area (Å²) >= 11 is 0. The van der Waals surface area contributed by atoms with E-state index in [0.29, 0.717) is 6.29 Å². The van der Waals surface area contributed by atoms with Crippen LogP contribution in [0.2, 0.25) is 0 Å². The van der Waals surface area contributed by atoms with Gasteiger partial charge in [0.1, 0.15) is 5.57 Å². The molecule has 1 aromatic heterocycles. The summed E-state index contributed by atoms with van der Waals surface area (Å²) in [6.07, 6.45) is 4.45. The number of ether oxygens (including phenoxy) is 1. The van der Waals surface area contributed by atoms with E-state index < -0.39 is 5.97 Å². The van der Waals surface area contributed by atoms with Gasteiger partial charge in [-0.25, -0.2) is 19.8 Å². The number of carbonyl (C=O) groups excluding carboxylic acids is 2. The second kappa shape index (κ2) is 6.89. The van der Waals surface area contributed by atoms with Gasteiger partial charge < -0.3 is 10.5 Å². The highest BCUT2D eigenvalue weighted by Gasteiger charge is 2.12. The summed E-state index contributed by atoms with van der Waals surface area (Å²) in [5, 5.41) is 0. The summed E-state index contributed by atoms with van der Waals surface area (Å²) in [5.41, 5.74) is 5.01. The van der Waals surface area contributed by atoms with Crippen molar-refractivity contribution >= 4 is 24.4 Å². The first-order chi connectivity index (χ1) is 8.69. The van der Waals surface area contributed by atoms with Gasteiger partial charge in [0.25, 0.3) is 0 Å². The molecule has 18 heavy (non-hydrogen) atoms. The van der Waals surface area contributed by atoms with Crippen molar-refractivity contribution in [1.82, 2.24) is 9.97 Å². The molecule has 1 aromatic rings. The molecule has 7 nitrogen and oxygen atoms in total. The Hall–Kier alpha value is -2.57. The fraction of sp³-hybridized carbons (Fsp3) is 0.182. The lowest BCUT2D eigenvalue weighted by Crippen LogP contribution is -2.16. The topological polar surface area (TPSA) is 108 Å². The van der Waals surface area contributed by atoms with Crippen LogP contribution in [0.4, 0.5) is 5.95 Å². The van der Waals surface area contributed by atoms with Crippen LogP contribution in [-0.2, 0) is 14.3 Å². The zero-order valence-corrected chi connectivity index (χ0v) is 9.74. The van der Waals surface area contributed by atoms with Crippen LogP contribution in [0.25, 0.3) is 0 Å². The molecule has 7 heteroatoms. The van der Waals surface area contributed by atoms with E-state index in [0.717, 1.165) is 6.21 Å². The Labute approximate surface area is 103 Å². The van der Waals surface area contributed by atoms with Gasteiger partial charge in [0.05, 0.1) is 12.3 Å². The molecule has 0 spiro atoms. The average Bonchev–Trinajstić information content (AvgIpc) is 2.40. The Morgan fingerprint density at radius 1 is 1.50 bits per heavy atom. The molecular weight excluding hydrogens is 236 g/mol. The summed E-state index contributed by atoms with van der Waals surface area (Å²) in [7, 11) is 0. The first-order valence-electron chi connectivity index (χ1n) is 5.12. The zero-order valence-electron chi connectivity index (χ0n) is 9.74. The molecule has 94 valence electrons. The van der Waals surface area contributed by atoms with E-state index in [1.807, 2.05) is 0 Å². The third-order valence-electron chi connectivity index (χ3n) is 1.79. The second-order valence-corrected chi connectivity index (χ2v) is 3.01. The molecule has 0 saturated carbocycles. The number of aromatic nitrogens is 2. The maximum atomic E-state index is 11.5. The number of nitrogens with zero attached hydrogens (tertiary/aromatic N) is 3. The maximum Gasteiger partial charge on any atom is 0.341 e. The van der Waals surface area contributed by atoms with Gasteiger partial charge in [-0.05, 0) is 13.0 Å². The summed E-state index contributed by atoms with van der Waals surface area (Å²) in [6, 6.07) is 1.63. The number of esters is 1. The predicted octanol–water partition coefficient (Wildman–Crippen LogP) is 0.154. The smallest absolute Gasteiger partial charge is 0.341 e. The normalized spacial score (nSPS) is 12.1. The maximum absolute atomic E-state index is 11.5. The summed E-state index contributed by atoms with van der Waals surface area (Å²) in [4.78, 5) is 33.6. The molecule has 0 aliphatic carbocycles. The predicted molar refractivity (Wildman–Crippen MR) is 64.1 cm³/mol. The first-order valence-corrected chi connectivity index (χ1v) is 5.12. The second-order valence-electron chi connectivity index (χ2n) is 3.01. The molecule has 0 unspecified atom stereocenters. The Kier molecular flexibility index (Phi) is 5.17. The van der Waals surface area contributed by atoms with Crippen molar-refractivity contribution in [3.8, 4) is 0 Å². The minimum Gasteiger partial charge on any atom is -0.462 e. The van der Waals surface area contributed by atoms with Crippen molar-refractivity contribution in [2.24, 2.45) is 10.7 Å². The lowest BCUT2D eigenvalue weighted by atomic mass is 10.2. The largest absolute Gasteiger partial charge is 0.462 e. The van der Waals surface area contributed by atoms with Gasteiger partial charge in [-0.3, -0.25) is 4.79 Å². The molecule has 0 bridgehead atoms. The number of carbonyl (C=O) groups is 2. The Bertz CT molecular complexity index is 482.